The molecule has 2 unspecified atom stereocenters. The summed E-state index contributed by atoms with van der Waals surface area (Å²) in [5.41, 5.74) is 6.00. The molecular weight excluding hydrogens is 463 g/mol. The lowest BCUT2D eigenvalue weighted by molar-refractivity contribution is -0.117. The van der Waals surface area contributed by atoms with Crippen LogP contribution in [0.1, 0.15) is 38.2 Å². The molecule has 1 saturated heterocycles. The highest BCUT2D eigenvalue weighted by atomic mass is 35.5. The quantitative estimate of drug-likeness (QED) is 0.670. The molecule has 2 amide bonds. The number of amides is 2. The highest BCUT2D eigenvalue weighted by Gasteiger charge is 2.38. The largest absolute Gasteiger partial charge is 0.419 e. The molecule has 0 spiro atoms. The maximum Gasteiger partial charge on any atom is 0.419 e. The first-order chi connectivity index (χ1) is 15.8. The van der Waals surface area contributed by atoms with Crippen molar-refractivity contribution in [2.24, 2.45) is 0 Å². The standard InChI is InChI=1S/C24H26Cl2N4O3/c1-14-12-28(24(32)33-23-8-4-18(25)10-20(23)26)22-9-16(3-7-21(22)30(14)15(2)31)17-11-27-29(13-17)19-5-6-19/h3-4,7-10,14,17,19,27H,5-6,11-13H2,1-2H3. The summed E-state index contributed by atoms with van der Waals surface area (Å²) in [6.45, 7) is 5.57. The van der Waals surface area contributed by atoms with Gasteiger partial charge in [0.2, 0.25) is 5.91 Å². The molecule has 0 aromatic heterocycles. The van der Waals surface area contributed by atoms with Crippen molar-refractivity contribution in [3.63, 3.8) is 0 Å². The number of nitrogens with zero attached hydrogens (tertiary/aromatic N) is 3. The van der Waals surface area contributed by atoms with Gasteiger partial charge in [-0.1, -0.05) is 29.3 Å². The van der Waals surface area contributed by atoms with Gasteiger partial charge in [-0.05, 0) is 55.7 Å². The van der Waals surface area contributed by atoms with Crippen molar-refractivity contribution < 1.29 is 14.3 Å². The molecule has 2 atom stereocenters. The molecule has 9 heteroatoms. The van der Waals surface area contributed by atoms with Crippen LogP contribution < -0.4 is 20.0 Å². The Bertz CT molecular complexity index is 1110. The Balaban J connectivity index is 1.46. The summed E-state index contributed by atoms with van der Waals surface area (Å²) in [5.74, 6) is 0.489. The molecule has 5 rings (SSSR count). The van der Waals surface area contributed by atoms with E-state index < -0.39 is 6.09 Å². The zero-order chi connectivity index (χ0) is 23.3. The smallest absolute Gasteiger partial charge is 0.408 e. The number of nitrogens with one attached hydrogen (secondary N) is 1. The van der Waals surface area contributed by atoms with Gasteiger partial charge in [0.25, 0.3) is 0 Å². The number of rotatable bonds is 3. The van der Waals surface area contributed by atoms with Gasteiger partial charge in [0.15, 0.2) is 5.75 Å². The van der Waals surface area contributed by atoms with Crippen LogP contribution in [-0.4, -0.2) is 48.7 Å². The summed E-state index contributed by atoms with van der Waals surface area (Å²) in [6, 6.07) is 11.2. The third-order valence-electron chi connectivity index (χ3n) is 6.51. The highest BCUT2D eigenvalue weighted by Crippen LogP contribution is 2.40. The Hall–Kier alpha value is -2.32. The number of hydrogen-bond donors (Lipinski definition) is 1. The van der Waals surface area contributed by atoms with Crippen molar-refractivity contribution in [3.05, 3.63) is 52.0 Å². The first kappa shape index (κ1) is 22.5. The lowest BCUT2D eigenvalue weighted by Crippen LogP contribution is -2.52. The third-order valence-corrected chi connectivity index (χ3v) is 7.04. The molecule has 2 aromatic rings. The van der Waals surface area contributed by atoms with Crippen LogP contribution in [-0.2, 0) is 4.79 Å². The van der Waals surface area contributed by atoms with Crippen LogP contribution in [0, 0.1) is 0 Å². The van der Waals surface area contributed by atoms with Crippen molar-refractivity contribution in [1.82, 2.24) is 10.4 Å². The van der Waals surface area contributed by atoms with E-state index in [1.807, 2.05) is 19.1 Å². The van der Waals surface area contributed by atoms with Crippen molar-refractivity contribution in [3.8, 4) is 5.75 Å². The van der Waals surface area contributed by atoms with Crippen molar-refractivity contribution >= 4 is 46.6 Å². The van der Waals surface area contributed by atoms with E-state index in [9.17, 15) is 9.59 Å². The van der Waals surface area contributed by atoms with Gasteiger partial charge in [-0.15, -0.1) is 0 Å². The Morgan fingerprint density at radius 2 is 1.85 bits per heavy atom. The highest BCUT2D eigenvalue weighted by molar-refractivity contribution is 6.35. The maximum atomic E-state index is 13.3. The van der Waals surface area contributed by atoms with E-state index in [1.165, 1.54) is 18.9 Å². The van der Waals surface area contributed by atoms with Gasteiger partial charge in [-0.25, -0.2) is 9.80 Å². The molecule has 1 aliphatic carbocycles. The van der Waals surface area contributed by atoms with Gasteiger partial charge in [0.05, 0.1) is 22.4 Å². The van der Waals surface area contributed by atoms with Gasteiger partial charge >= 0.3 is 6.09 Å². The second-order valence-electron chi connectivity index (χ2n) is 8.98. The molecule has 7 nitrogen and oxygen atoms in total. The summed E-state index contributed by atoms with van der Waals surface area (Å²) in [4.78, 5) is 29.0. The van der Waals surface area contributed by atoms with E-state index in [4.69, 9.17) is 27.9 Å². The number of halogens is 2. The molecule has 2 aliphatic heterocycles. The van der Waals surface area contributed by atoms with Gasteiger partial charge in [0, 0.05) is 43.5 Å². The first-order valence-corrected chi connectivity index (χ1v) is 12.0. The first-order valence-electron chi connectivity index (χ1n) is 11.2. The van der Waals surface area contributed by atoms with E-state index in [-0.39, 0.29) is 22.7 Å². The van der Waals surface area contributed by atoms with Crippen LogP contribution in [0.4, 0.5) is 16.2 Å². The molecule has 0 bridgehead atoms. The fraction of sp³-hybridized carbons (Fsp3) is 0.417. The SMILES string of the molecule is CC(=O)N1c2ccc(C3CNN(C4CC4)C3)cc2N(C(=O)Oc2ccc(Cl)cc2Cl)CC1C. The van der Waals surface area contributed by atoms with Gasteiger partial charge < -0.3 is 9.64 Å². The number of benzene rings is 2. The minimum atomic E-state index is -0.545. The van der Waals surface area contributed by atoms with Crippen LogP contribution in [0.3, 0.4) is 0 Å². The number of anilines is 2. The molecular formula is C24H26Cl2N4O3. The van der Waals surface area contributed by atoms with E-state index in [0.29, 0.717) is 34.9 Å². The van der Waals surface area contributed by atoms with Crippen LogP contribution in [0.25, 0.3) is 0 Å². The Labute approximate surface area is 203 Å². The van der Waals surface area contributed by atoms with Crippen LogP contribution in [0.5, 0.6) is 5.75 Å². The molecule has 1 saturated carbocycles. The maximum absolute atomic E-state index is 13.3. The van der Waals surface area contributed by atoms with Gasteiger partial charge in [-0.3, -0.25) is 15.1 Å². The Kier molecular flexibility index (Phi) is 5.99. The molecule has 3 aliphatic rings. The van der Waals surface area contributed by atoms with E-state index >= 15 is 0 Å². The predicted molar refractivity (Wildman–Crippen MR) is 129 cm³/mol. The summed E-state index contributed by atoms with van der Waals surface area (Å²) in [7, 11) is 0. The van der Waals surface area contributed by atoms with E-state index in [0.717, 1.165) is 18.7 Å². The number of ether oxygens (including phenoxy) is 1. The lowest BCUT2D eigenvalue weighted by atomic mass is 9.97. The minimum Gasteiger partial charge on any atom is -0.408 e. The van der Waals surface area contributed by atoms with E-state index in [2.05, 4.69) is 16.5 Å². The van der Waals surface area contributed by atoms with E-state index in [1.54, 1.807) is 28.9 Å². The second-order valence-corrected chi connectivity index (χ2v) is 9.83. The summed E-state index contributed by atoms with van der Waals surface area (Å²) >= 11 is 12.2. The van der Waals surface area contributed by atoms with Gasteiger partial charge in [0.1, 0.15) is 0 Å². The van der Waals surface area contributed by atoms with Crippen molar-refractivity contribution in [2.45, 2.75) is 44.7 Å². The van der Waals surface area contributed by atoms with Crippen LogP contribution in [0.15, 0.2) is 36.4 Å². The lowest BCUT2D eigenvalue weighted by Gasteiger charge is -2.40. The zero-order valence-electron chi connectivity index (χ0n) is 18.6. The number of hydrogen-bond acceptors (Lipinski definition) is 5. The minimum absolute atomic E-state index is 0.0623. The second kappa shape index (κ2) is 8.80. The normalized spacial score (nSPS) is 22.9. The number of fused-ring (bicyclic) bond motifs is 1. The Morgan fingerprint density at radius 1 is 1.06 bits per heavy atom. The summed E-state index contributed by atoms with van der Waals surface area (Å²) in [6.07, 6.45) is 1.93. The molecule has 0 radical (unpaired) electrons. The molecule has 1 N–H and O–H groups in total. The number of hydrazine groups is 1. The van der Waals surface area contributed by atoms with Crippen LogP contribution in [0.2, 0.25) is 10.0 Å². The number of carbonyl (C=O) groups is 2. The fourth-order valence-corrected chi connectivity index (χ4v) is 5.18. The van der Waals surface area contributed by atoms with Crippen molar-refractivity contribution in [1.29, 1.82) is 0 Å². The zero-order valence-corrected chi connectivity index (χ0v) is 20.1. The molecule has 2 heterocycles. The summed E-state index contributed by atoms with van der Waals surface area (Å²) in [5, 5.41) is 3.05. The molecule has 2 fully saturated rings. The number of carbonyl (C=O) groups excluding carboxylic acids is 2. The Morgan fingerprint density at radius 3 is 2.55 bits per heavy atom. The average Bonchev–Trinajstić information content (AvgIpc) is 3.51. The topological polar surface area (TPSA) is 65.1 Å². The molecule has 2 aromatic carbocycles. The monoisotopic (exact) mass is 488 g/mol. The molecule has 174 valence electrons. The summed E-state index contributed by atoms with van der Waals surface area (Å²) < 4.78 is 5.64. The predicted octanol–water partition coefficient (Wildman–Crippen LogP) is 4.82. The molecule has 33 heavy (non-hydrogen) atoms. The average molecular weight is 489 g/mol. The fourth-order valence-electron chi connectivity index (χ4n) is 4.74. The van der Waals surface area contributed by atoms with Gasteiger partial charge in [-0.2, -0.15) is 0 Å². The van der Waals surface area contributed by atoms with Crippen LogP contribution >= 0.6 is 23.2 Å². The van der Waals surface area contributed by atoms with Crippen molar-refractivity contribution in [2.75, 3.05) is 29.4 Å². The third kappa shape index (κ3) is 4.43.